The number of pyridine rings is 1. The summed E-state index contributed by atoms with van der Waals surface area (Å²) in [6.07, 6.45) is 2.24. The van der Waals surface area contributed by atoms with Gasteiger partial charge in [0.05, 0.1) is 0 Å². The van der Waals surface area contributed by atoms with E-state index in [1.54, 1.807) is 24.3 Å². The van der Waals surface area contributed by atoms with Crippen molar-refractivity contribution < 1.29 is 14.7 Å². The number of carboxylic acid groups (broad SMARTS) is 1. The minimum absolute atomic E-state index is 0.0870. The molecule has 0 aliphatic heterocycles. The Morgan fingerprint density at radius 1 is 1.33 bits per heavy atom. The quantitative estimate of drug-likeness (QED) is 0.776. The minimum atomic E-state index is -1.11. The molecule has 6 nitrogen and oxygen atoms in total. The second-order valence-electron chi connectivity index (χ2n) is 4.73. The molecule has 6 heteroatoms. The second kappa shape index (κ2) is 6.21. The molecular formula is C15H16N2O4. The van der Waals surface area contributed by atoms with Crippen molar-refractivity contribution in [1.82, 2.24) is 10.3 Å². The van der Waals surface area contributed by atoms with Gasteiger partial charge in [0, 0.05) is 17.1 Å². The van der Waals surface area contributed by atoms with Crippen LogP contribution in [-0.4, -0.2) is 28.0 Å². The number of hydrogen-bond donors (Lipinski definition) is 3. The molecule has 0 unspecified atom stereocenters. The minimum Gasteiger partial charge on any atom is -0.480 e. The lowest BCUT2D eigenvalue weighted by atomic mass is 10.1. The molecule has 0 saturated carbocycles. The smallest absolute Gasteiger partial charge is 0.326 e. The van der Waals surface area contributed by atoms with Crippen LogP contribution in [0.2, 0.25) is 0 Å². The van der Waals surface area contributed by atoms with Gasteiger partial charge in [-0.2, -0.15) is 0 Å². The molecule has 0 saturated heterocycles. The first-order valence-electron chi connectivity index (χ1n) is 6.68. The van der Waals surface area contributed by atoms with Crippen LogP contribution < -0.4 is 10.7 Å². The highest BCUT2D eigenvalue weighted by molar-refractivity contribution is 5.98. The number of rotatable bonds is 5. The molecule has 2 aromatic rings. The molecule has 0 bridgehead atoms. The third kappa shape index (κ3) is 3.10. The van der Waals surface area contributed by atoms with Gasteiger partial charge in [0.15, 0.2) is 0 Å². The van der Waals surface area contributed by atoms with Crippen LogP contribution >= 0.6 is 0 Å². The number of carbonyl (C=O) groups excluding carboxylic acids is 1. The SMILES string of the molecule is CCC[C@@H](NC(=O)c1c[nH]c2ccccc2c1=O)C(=O)O. The highest BCUT2D eigenvalue weighted by Gasteiger charge is 2.21. The number of carboxylic acids is 1. The fraction of sp³-hybridized carbons (Fsp3) is 0.267. The van der Waals surface area contributed by atoms with Crippen LogP contribution in [-0.2, 0) is 4.79 Å². The molecule has 3 N–H and O–H groups in total. The van der Waals surface area contributed by atoms with E-state index in [9.17, 15) is 14.4 Å². The number of nitrogens with one attached hydrogen (secondary N) is 2. The number of amides is 1. The van der Waals surface area contributed by atoms with Crippen LogP contribution in [0.5, 0.6) is 0 Å². The van der Waals surface area contributed by atoms with Crippen molar-refractivity contribution in [2.24, 2.45) is 0 Å². The first kappa shape index (κ1) is 14.8. The van der Waals surface area contributed by atoms with Crippen molar-refractivity contribution in [2.75, 3.05) is 0 Å². The number of H-pyrrole nitrogens is 1. The van der Waals surface area contributed by atoms with Crippen LogP contribution in [0, 0.1) is 0 Å². The number of carbonyl (C=O) groups is 2. The lowest BCUT2D eigenvalue weighted by Crippen LogP contribution is -2.42. The van der Waals surface area contributed by atoms with Gasteiger partial charge in [0.2, 0.25) is 5.43 Å². The van der Waals surface area contributed by atoms with Crippen molar-refractivity contribution in [3.05, 3.63) is 46.2 Å². The van der Waals surface area contributed by atoms with Gasteiger partial charge >= 0.3 is 5.97 Å². The Kier molecular flexibility index (Phi) is 4.37. The molecule has 0 aliphatic rings. The number of benzene rings is 1. The highest BCUT2D eigenvalue weighted by atomic mass is 16.4. The molecule has 1 aromatic carbocycles. The van der Waals surface area contributed by atoms with E-state index in [2.05, 4.69) is 10.3 Å². The maximum absolute atomic E-state index is 12.3. The van der Waals surface area contributed by atoms with E-state index in [1.807, 2.05) is 6.92 Å². The molecule has 2 rings (SSSR count). The fourth-order valence-corrected chi connectivity index (χ4v) is 2.12. The average molecular weight is 288 g/mol. The largest absolute Gasteiger partial charge is 0.480 e. The summed E-state index contributed by atoms with van der Waals surface area (Å²) in [4.78, 5) is 38.3. The van der Waals surface area contributed by atoms with E-state index in [0.717, 1.165) is 0 Å². The number of para-hydroxylation sites is 1. The van der Waals surface area contributed by atoms with Crippen LogP contribution in [0.1, 0.15) is 30.1 Å². The van der Waals surface area contributed by atoms with Crippen molar-refractivity contribution in [2.45, 2.75) is 25.8 Å². The summed E-state index contributed by atoms with van der Waals surface area (Å²) in [5, 5.41) is 11.8. The van der Waals surface area contributed by atoms with Gasteiger partial charge in [-0.05, 0) is 18.6 Å². The number of aliphatic carboxylic acids is 1. The summed E-state index contributed by atoms with van der Waals surface area (Å²) in [5.74, 6) is -1.79. The lowest BCUT2D eigenvalue weighted by molar-refractivity contribution is -0.139. The number of aromatic amines is 1. The fourth-order valence-electron chi connectivity index (χ4n) is 2.12. The molecule has 110 valence electrons. The van der Waals surface area contributed by atoms with Crippen molar-refractivity contribution in [3.8, 4) is 0 Å². The summed E-state index contributed by atoms with van der Waals surface area (Å²) in [7, 11) is 0. The normalized spacial score (nSPS) is 12.0. The number of hydrogen-bond acceptors (Lipinski definition) is 3. The molecule has 21 heavy (non-hydrogen) atoms. The van der Waals surface area contributed by atoms with Gasteiger partial charge in [-0.1, -0.05) is 25.5 Å². The van der Waals surface area contributed by atoms with E-state index in [0.29, 0.717) is 23.7 Å². The Labute approximate surface area is 120 Å². The first-order chi connectivity index (χ1) is 10.0. The van der Waals surface area contributed by atoms with Crippen molar-refractivity contribution in [3.63, 3.8) is 0 Å². The Morgan fingerprint density at radius 3 is 2.71 bits per heavy atom. The van der Waals surface area contributed by atoms with E-state index >= 15 is 0 Å². The van der Waals surface area contributed by atoms with Crippen LogP contribution in [0.25, 0.3) is 10.9 Å². The van der Waals surface area contributed by atoms with E-state index in [4.69, 9.17) is 5.11 Å². The summed E-state index contributed by atoms with van der Waals surface area (Å²) in [5.41, 5.74) is 0.126. The van der Waals surface area contributed by atoms with E-state index < -0.39 is 23.3 Å². The third-order valence-electron chi connectivity index (χ3n) is 3.21. The maximum atomic E-state index is 12.3. The van der Waals surface area contributed by atoms with E-state index in [1.165, 1.54) is 6.20 Å². The van der Waals surface area contributed by atoms with Gasteiger partial charge in [-0.25, -0.2) is 4.79 Å². The van der Waals surface area contributed by atoms with Crippen LogP contribution in [0.3, 0.4) is 0 Å². The summed E-state index contributed by atoms with van der Waals surface area (Å²) in [6, 6.07) is 5.84. The van der Waals surface area contributed by atoms with Crippen LogP contribution in [0.4, 0.5) is 0 Å². The van der Waals surface area contributed by atoms with E-state index in [-0.39, 0.29) is 5.56 Å². The molecule has 1 heterocycles. The summed E-state index contributed by atoms with van der Waals surface area (Å²) >= 11 is 0. The summed E-state index contributed by atoms with van der Waals surface area (Å²) in [6.45, 7) is 1.82. The predicted octanol–water partition coefficient (Wildman–Crippen LogP) is 1.51. The average Bonchev–Trinajstić information content (AvgIpc) is 2.47. The zero-order chi connectivity index (χ0) is 15.4. The molecule has 0 radical (unpaired) electrons. The standard InChI is InChI=1S/C15H16N2O4/c1-2-5-12(15(20)21)17-14(19)10-8-16-11-7-4-3-6-9(11)13(10)18/h3-4,6-8,12H,2,5H2,1H3,(H,16,18)(H,17,19)(H,20,21)/t12-/m1/s1. The summed E-state index contributed by atoms with van der Waals surface area (Å²) < 4.78 is 0. The molecule has 0 aliphatic carbocycles. The third-order valence-corrected chi connectivity index (χ3v) is 3.21. The predicted molar refractivity (Wildman–Crippen MR) is 78.4 cm³/mol. The maximum Gasteiger partial charge on any atom is 0.326 e. The Morgan fingerprint density at radius 2 is 2.05 bits per heavy atom. The molecule has 0 fully saturated rings. The molecular weight excluding hydrogens is 272 g/mol. The monoisotopic (exact) mass is 288 g/mol. The molecule has 1 atom stereocenters. The molecule has 1 amide bonds. The Bertz CT molecular complexity index is 736. The number of fused-ring (bicyclic) bond motifs is 1. The Balaban J connectivity index is 2.33. The molecule has 1 aromatic heterocycles. The van der Waals surface area contributed by atoms with Gasteiger partial charge in [-0.15, -0.1) is 0 Å². The zero-order valence-corrected chi connectivity index (χ0v) is 11.6. The van der Waals surface area contributed by atoms with Crippen LogP contribution in [0.15, 0.2) is 35.3 Å². The van der Waals surface area contributed by atoms with Gasteiger partial charge in [0.25, 0.3) is 5.91 Å². The topological polar surface area (TPSA) is 99.3 Å². The zero-order valence-electron chi connectivity index (χ0n) is 11.6. The van der Waals surface area contributed by atoms with Crippen molar-refractivity contribution in [1.29, 1.82) is 0 Å². The van der Waals surface area contributed by atoms with Gasteiger partial charge in [0.1, 0.15) is 11.6 Å². The lowest BCUT2D eigenvalue weighted by Gasteiger charge is -2.13. The highest BCUT2D eigenvalue weighted by Crippen LogP contribution is 2.07. The van der Waals surface area contributed by atoms with Gasteiger partial charge < -0.3 is 15.4 Å². The van der Waals surface area contributed by atoms with Gasteiger partial charge in [-0.3, -0.25) is 9.59 Å². The number of aromatic nitrogens is 1. The first-order valence-corrected chi connectivity index (χ1v) is 6.68. The second-order valence-corrected chi connectivity index (χ2v) is 4.73. The Hall–Kier alpha value is -2.63. The van der Waals surface area contributed by atoms with Crippen molar-refractivity contribution >= 4 is 22.8 Å². The molecule has 0 spiro atoms.